The van der Waals surface area contributed by atoms with Gasteiger partial charge in [-0.1, -0.05) is 12.2 Å². The Hall–Kier alpha value is -1.52. The number of allylic oxidation sites excluding steroid dienone is 1. The minimum atomic E-state index is -4.42. The van der Waals surface area contributed by atoms with Crippen molar-refractivity contribution in [2.24, 2.45) is 0 Å². The van der Waals surface area contributed by atoms with E-state index in [1.54, 1.807) is 12.2 Å². The maximum Gasteiger partial charge on any atom is 0.336 e. The first-order chi connectivity index (χ1) is 10.7. The molecule has 1 unspecified atom stereocenters. The number of nitrogens with one attached hydrogen (secondary N) is 1. The average molecular weight is 357 g/mol. The molecule has 4 nitrogen and oxygen atoms in total. The van der Waals surface area contributed by atoms with Crippen LogP contribution in [0.25, 0.3) is 0 Å². The van der Waals surface area contributed by atoms with E-state index in [2.05, 4.69) is 8.91 Å². The molecule has 1 atom stereocenters. The molecule has 0 amide bonds. The molecular weight excluding hydrogens is 345 g/mol. The Balaban J connectivity index is 2.14. The topological polar surface area (TPSA) is 55.4 Å². The van der Waals surface area contributed by atoms with Gasteiger partial charge in [0.1, 0.15) is 0 Å². The zero-order valence-electron chi connectivity index (χ0n) is 11.6. The van der Waals surface area contributed by atoms with E-state index >= 15 is 0 Å². The number of hydrogen-bond donors (Lipinski definition) is 1. The van der Waals surface area contributed by atoms with Gasteiger partial charge in [0.2, 0.25) is 5.82 Å². The largest absolute Gasteiger partial charge is 0.336 e. The van der Waals surface area contributed by atoms with Crippen molar-refractivity contribution in [3.05, 3.63) is 46.8 Å². The highest BCUT2D eigenvalue weighted by atomic mass is 32.2. The lowest BCUT2D eigenvalue weighted by molar-refractivity contribution is 0.275. The molecule has 1 aromatic rings. The van der Waals surface area contributed by atoms with E-state index in [1.807, 2.05) is 0 Å². The average Bonchev–Trinajstić information content (AvgIpc) is 2.51. The van der Waals surface area contributed by atoms with Crippen LogP contribution in [0.5, 0.6) is 0 Å². The monoisotopic (exact) mass is 357 g/mol. The summed E-state index contributed by atoms with van der Waals surface area (Å²) in [6, 6.07) is -0.551. The second-order valence-electron chi connectivity index (χ2n) is 4.85. The van der Waals surface area contributed by atoms with Gasteiger partial charge >= 0.3 is 10.3 Å². The fourth-order valence-corrected chi connectivity index (χ4v) is 2.95. The first kappa shape index (κ1) is 17.8. The van der Waals surface area contributed by atoms with E-state index in [9.17, 15) is 30.4 Å². The van der Waals surface area contributed by atoms with Gasteiger partial charge in [-0.25, -0.2) is 22.0 Å². The molecule has 23 heavy (non-hydrogen) atoms. The minimum absolute atomic E-state index is 0.502. The van der Waals surface area contributed by atoms with Crippen LogP contribution in [0.1, 0.15) is 24.8 Å². The molecule has 0 bridgehead atoms. The summed E-state index contributed by atoms with van der Waals surface area (Å²) < 4.78 is 95.4. The summed E-state index contributed by atoms with van der Waals surface area (Å²) in [5.74, 6) is -10.9. The fraction of sp³-hybridized carbons (Fsp3) is 0.385. The molecule has 10 heteroatoms. The van der Waals surface area contributed by atoms with Gasteiger partial charge in [-0.2, -0.15) is 13.1 Å². The Morgan fingerprint density at radius 3 is 2.13 bits per heavy atom. The van der Waals surface area contributed by atoms with E-state index in [1.165, 1.54) is 0 Å². The summed E-state index contributed by atoms with van der Waals surface area (Å²) in [6.45, 7) is -1.32. The van der Waals surface area contributed by atoms with Crippen molar-refractivity contribution in [2.75, 3.05) is 0 Å². The van der Waals surface area contributed by atoms with Crippen LogP contribution in [-0.4, -0.2) is 14.5 Å². The van der Waals surface area contributed by atoms with Crippen LogP contribution < -0.4 is 4.72 Å². The molecule has 2 rings (SSSR count). The molecule has 1 aliphatic rings. The lowest BCUT2D eigenvalue weighted by Gasteiger charge is -2.17. The number of rotatable bonds is 5. The maximum atomic E-state index is 13.4. The van der Waals surface area contributed by atoms with Crippen molar-refractivity contribution in [2.45, 2.75) is 31.9 Å². The van der Waals surface area contributed by atoms with Gasteiger partial charge in [0.25, 0.3) is 0 Å². The van der Waals surface area contributed by atoms with Crippen molar-refractivity contribution in [3.8, 4) is 0 Å². The molecule has 1 aromatic carbocycles. The van der Waals surface area contributed by atoms with E-state index in [4.69, 9.17) is 0 Å². The summed E-state index contributed by atoms with van der Waals surface area (Å²) >= 11 is 0. The molecule has 1 aliphatic carbocycles. The molecule has 128 valence electrons. The van der Waals surface area contributed by atoms with E-state index in [-0.39, 0.29) is 0 Å². The van der Waals surface area contributed by atoms with Gasteiger partial charge in [-0.3, -0.25) is 4.18 Å². The molecule has 0 aromatic heterocycles. The van der Waals surface area contributed by atoms with Crippen molar-refractivity contribution < 1.29 is 34.6 Å². The van der Waals surface area contributed by atoms with Gasteiger partial charge in [0.05, 0.1) is 12.2 Å². The SMILES string of the molecule is O=S(=O)(NC1C=CCCC1)OCc1c(F)c(F)c(F)c(F)c1F. The highest BCUT2D eigenvalue weighted by Gasteiger charge is 2.27. The van der Waals surface area contributed by atoms with Crippen LogP contribution in [0.4, 0.5) is 22.0 Å². The zero-order chi connectivity index (χ0) is 17.2. The Morgan fingerprint density at radius 1 is 1.04 bits per heavy atom. The molecule has 0 heterocycles. The molecule has 1 N–H and O–H groups in total. The van der Waals surface area contributed by atoms with Gasteiger partial charge in [0.15, 0.2) is 23.3 Å². The van der Waals surface area contributed by atoms with Crippen molar-refractivity contribution in [1.82, 2.24) is 4.72 Å². The van der Waals surface area contributed by atoms with Crippen LogP contribution in [-0.2, 0) is 21.1 Å². The zero-order valence-corrected chi connectivity index (χ0v) is 12.4. The lowest BCUT2D eigenvalue weighted by atomic mass is 10.0. The summed E-state index contributed by atoms with van der Waals surface area (Å²) in [7, 11) is -4.42. The molecule has 0 fully saturated rings. The normalized spacial score (nSPS) is 18.4. The fourth-order valence-electron chi connectivity index (χ4n) is 2.04. The first-order valence-electron chi connectivity index (χ1n) is 6.56. The van der Waals surface area contributed by atoms with E-state index in [0.29, 0.717) is 6.42 Å². The molecule has 0 radical (unpaired) electrons. The summed E-state index contributed by atoms with van der Waals surface area (Å²) in [5.41, 5.74) is -1.36. The smallest absolute Gasteiger partial charge is 0.253 e. The number of benzene rings is 1. The van der Waals surface area contributed by atoms with Crippen molar-refractivity contribution in [1.29, 1.82) is 0 Å². The van der Waals surface area contributed by atoms with Crippen LogP contribution in [0.3, 0.4) is 0 Å². The lowest BCUT2D eigenvalue weighted by Crippen LogP contribution is -2.35. The third-order valence-corrected chi connectivity index (χ3v) is 4.23. The second kappa shape index (κ2) is 6.93. The molecule has 0 saturated carbocycles. The van der Waals surface area contributed by atoms with Crippen LogP contribution in [0.2, 0.25) is 0 Å². The van der Waals surface area contributed by atoms with Crippen LogP contribution in [0, 0.1) is 29.1 Å². The van der Waals surface area contributed by atoms with Crippen LogP contribution >= 0.6 is 0 Å². The first-order valence-corrected chi connectivity index (χ1v) is 7.97. The Morgan fingerprint density at radius 2 is 1.61 bits per heavy atom. The Labute approximate surface area is 129 Å². The molecular formula is C13H12F5NO3S. The molecule has 0 aliphatic heterocycles. The number of hydrogen-bond acceptors (Lipinski definition) is 3. The minimum Gasteiger partial charge on any atom is -0.253 e. The summed E-state index contributed by atoms with van der Waals surface area (Å²) in [4.78, 5) is 0. The Kier molecular flexibility index (Phi) is 5.37. The maximum absolute atomic E-state index is 13.4. The van der Waals surface area contributed by atoms with Crippen LogP contribution in [0.15, 0.2) is 12.2 Å². The number of halogens is 5. The van der Waals surface area contributed by atoms with Crippen molar-refractivity contribution >= 4 is 10.3 Å². The Bertz CT molecular complexity index is 707. The van der Waals surface area contributed by atoms with Gasteiger partial charge in [-0.15, -0.1) is 0 Å². The van der Waals surface area contributed by atoms with E-state index in [0.717, 1.165) is 12.8 Å². The quantitative estimate of drug-likeness (QED) is 0.382. The van der Waals surface area contributed by atoms with E-state index < -0.39 is 57.6 Å². The standard InChI is InChI=1S/C13H12F5NO3S/c14-9-8(10(15)12(17)13(18)11(9)16)6-22-23(20,21)19-7-4-2-1-3-5-7/h2,4,7,19H,1,3,5-6H2. The second-order valence-corrected chi connectivity index (χ2v) is 6.23. The third-order valence-electron chi connectivity index (χ3n) is 3.21. The molecule has 0 saturated heterocycles. The predicted molar refractivity (Wildman–Crippen MR) is 69.9 cm³/mol. The highest BCUT2D eigenvalue weighted by Crippen LogP contribution is 2.24. The van der Waals surface area contributed by atoms with Crippen molar-refractivity contribution in [3.63, 3.8) is 0 Å². The highest BCUT2D eigenvalue weighted by molar-refractivity contribution is 7.84. The summed E-state index contributed by atoms with van der Waals surface area (Å²) in [6.07, 6.45) is 5.37. The summed E-state index contributed by atoms with van der Waals surface area (Å²) in [5, 5.41) is 0. The molecule has 0 spiro atoms. The van der Waals surface area contributed by atoms with Gasteiger partial charge in [-0.05, 0) is 19.3 Å². The van der Waals surface area contributed by atoms with Gasteiger partial charge in [0, 0.05) is 6.04 Å². The third kappa shape index (κ3) is 4.06. The van der Waals surface area contributed by atoms with Gasteiger partial charge < -0.3 is 0 Å². The predicted octanol–water partition coefficient (Wildman–Crippen LogP) is 2.84.